The number of imidazole rings is 1. The fraction of sp³-hybridized carbons (Fsp3) is 0.417. The number of β-amino-alcohol motifs (C(OH)–C–C–N with tert-alkyl or cyclic N) is 1. The number of anilines is 2. The summed E-state index contributed by atoms with van der Waals surface area (Å²) in [7, 11) is 0. The molecule has 2 N–H and O–H groups in total. The van der Waals surface area contributed by atoms with Gasteiger partial charge in [-0.15, -0.1) is 21.5 Å². The molecule has 36 heavy (non-hydrogen) atoms. The van der Waals surface area contributed by atoms with Crippen LogP contribution in [-0.2, 0) is 0 Å². The van der Waals surface area contributed by atoms with Gasteiger partial charge in [0.2, 0.25) is 0 Å². The van der Waals surface area contributed by atoms with Gasteiger partial charge >= 0.3 is 0 Å². The first kappa shape index (κ1) is 21.6. The fourth-order valence-electron chi connectivity index (χ4n) is 4.66. The summed E-state index contributed by atoms with van der Waals surface area (Å²) in [5.74, 6) is 1.37. The third kappa shape index (κ3) is 4.05. The van der Waals surface area contributed by atoms with E-state index in [1.807, 2.05) is 15.3 Å². The molecule has 4 aromatic heterocycles. The van der Waals surface area contributed by atoms with E-state index in [-0.39, 0.29) is 17.7 Å². The highest BCUT2D eigenvalue weighted by molar-refractivity contribution is 7.13. The lowest BCUT2D eigenvalue weighted by molar-refractivity contribution is 0.102. The summed E-state index contributed by atoms with van der Waals surface area (Å²) in [4.78, 5) is 28.9. The Labute approximate surface area is 210 Å². The number of hydrogen-bond donors (Lipinski definition) is 2. The Morgan fingerprint density at radius 1 is 1.11 bits per heavy atom. The van der Waals surface area contributed by atoms with Gasteiger partial charge in [0.25, 0.3) is 5.91 Å². The Hall–Kier alpha value is -3.64. The molecule has 7 rings (SSSR count). The molecule has 2 aliphatic carbocycles. The molecule has 0 spiro atoms. The van der Waals surface area contributed by atoms with Crippen LogP contribution in [0.25, 0.3) is 16.5 Å². The first-order valence-electron chi connectivity index (χ1n) is 12.3. The van der Waals surface area contributed by atoms with Crippen LogP contribution in [0.3, 0.4) is 0 Å². The summed E-state index contributed by atoms with van der Waals surface area (Å²) in [5.41, 5.74) is 3.04. The van der Waals surface area contributed by atoms with Gasteiger partial charge in [0.05, 0.1) is 35.7 Å². The van der Waals surface area contributed by atoms with E-state index >= 15 is 0 Å². The van der Waals surface area contributed by atoms with Gasteiger partial charge in [-0.1, -0.05) is 0 Å². The number of carbonyl (C=O) groups is 1. The Morgan fingerprint density at radius 3 is 2.78 bits per heavy atom. The van der Waals surface area contributed by atoms with Crippen molar-refractivity contribution < 1.29 is 9.90 Å². The summed E-state index contributed by atoms with van der Waals surface area (Å²) in [6.07, 6.45) is 12.2. The van der Waals surface area contributed by atoms with Gasteiger partial charge in [-0.25, -0.2) is 15.0 Å². The first-order chi connectivity index (χ1) is 17.6. The SMILES string of the molecule is O=C(Nc1csc(-c2nncn2C2CC2)n1)c1cc(-n2cnc(C3CC3)c2)c(N2CCC(O)C2)cn1. The number of hydrogen-bond acceptors (Lipinski definition) is 9. The summed E-state index contributed by atoms with van der Waals surface area (Å²) >= 11 is 1.42. The molecule has 12 heteroatoms. The number of amides is 1. The van der Waals surface area contributed by atoms with Crippen LogP contribution in [0.4, 0.5) is 11.5 Å². The summed E-state index contributed by atoms with van der Waals surface area (Å²) in [5, 5.41) is 23.7. The second kappa shape index (κ2) is 8.49. The molecule has 1 unspecified atom stereocenters. The Morgan fingerprint density at radius 2 is 2.00 bits per heavy atom. The Bertz CT molecular complexity index is 1430. The lowest BCUT2D eigenvalue weighted by Gasteiger charge is -2.21. The van der Waals surface area contributed by atoms with Crippen LogP contribution in [0.15, 0.2) is 36.5 Å². The molecule has 11 nitrogen and oxygen atoms in total. The van der Waals surface area contributed by atoms with Gasteiger partial charge in [-0.2, -0.15) is 0 Å². The quantitative estimate of drug-likeness (QED) is 0.394. The van der Waals surface area contributed by atoms with E-state index in [4.69, 9.17) is 0 Å². The molecule has 0 bridgehead atoms. The second-order valence-corrected chi connectivity index (χ2v) is 10.6. The zero-order valence-corrected chi connectivity index (χ0v) is 20.3. The molecule has 0 aromatic carbocycles. The normalized spacial score (nSPS) is 19.7. The molecule has 184 valence electrons. The molecule has 1 saturated heterocycles. The largest absolute Gasteiger partial charge is 0.391 e. The minimum absolute atomic E-state index is 0.283. The van der Waals surface area contributed by atoms with Crippen molar-refractivity contribution in [3.8, 4) is 16.5 Å². The smallest absolute Gasteiger partial charge is 0.275 e. The first-order valence-corrected chi connectivity index (χ1v) is 13.1. The number of aliphatic hydroxyl groups is 1. The van der Waals surface area contributed by atoms with Gasteiger partial charge in [-0.05, 0) is 38.2 Å². The maximum absolute atomic E-state index is 13.2. The highest BCUT2D eigenvalue weighted by atomic mass is 32.1. The number of nitrogens with one attached hydrogen (secondary N) is 1. The van der Waals surface area contributed by atoms with Crippen molar-refractivity contribution in [1.82, 2.24) is 34.3 Å². The van der Waals surface area contributed by atoms with Crippen molar-refractivity contribution >= 4 is 28.7 Å². The zero-order valence-electron chi connectivity index (χ0n) is 19.5. The zero-order chi connectivity index (χ0) is 24.2. The van der Waals surface area contributed by atoms with Gasteiger partial charge in [0.15, 0.2) is 10.8 Å². The van der Waals surface area contributed by atoms with Crippen molar-refractivity contribution in [2.24, 2.45) is 0 Å². The van der Waals surface area contributed by atoms with E-state index in [0.29, 0.717) is 30.7 Å². The number of rotatable bonds is 7. The molecule has 5 heterocycles. The number of nitrogens with zero attached hydrogens (tertiary/aromatic N) is 8. The third-order valence-electron chi connectivity index (χ3n) is 6.93. The number of aromatic nitrogens is 7. The summed E-state index contributed by atoms with van der Waals surface area (Å²) in [6, 6.07) is 2.23. The molecular formula is C24H25N9O2S. The van der Waals surface area contributed by atoms with Crippen LogP contribution in [-0.4, -0.2) is 64.5 Å². The molecule has 3 aliphatic rings. The molecule has 0 radical (unpaired) electrons. The number of pyridine rings is 1. The van der Waals surface area contributed by atoms with Crippen molar-refractivity contribution in [2.45, 2.75) is 50.2 Å². The number of thiazole rings is 1. The van der Waals surface area contributed by atoms with Crippen LogP contribution in [0, 0.1) is 0 Å². The average Bonchev–Trinajstić information content (AvgIpc) is 3.67. The van der Waals surface area contributed by atoms with E-state index in [2.05, 4.69) is 35.4 Å². The Balaban J connectivity index is 1.16. The average molecular weight is 504 g/mol. The highest BCUT2D eigenvalue weighted by Gasteiger charge is 2.29. The summed E-state index contributed by atoms with van der Waals surface area (Å²) in [6.45, 7) is 1.27. The van der Waals surface area contributed by atoms with Crippen molar-refractivity contribution in [2.75, 3.05) is 23.3 Å². The van der Waals surface area contributed by atoms with Crippen molar-refractivity contribution in [3.05, 3.63) is 47.9 Å². The van der Waals surface area contributed by atoms with Crippen LogP contribution in [0.5, 0.6) is 0 Å². The van der Waals surface area contributed by atoms with Gasteiger partial charge in [0.1, 0.15) is 17.8 Å². The predicted octanol–water partition coefficient (Wildman–Crippen LogP) is 3.02. The van der Waals surface area contributed by atoms with Crippen molar-refractivity contribution in [3.63, 3.8) is 0 Å². The van der Waals surface area contributed by atoms with Gasteiger partial charge in [0, 0.05) is 36.6 Å². The van der Waals surface area contributed by atoms with E-state index < -0.39 is 0 Å². The van der Waals surface area contributed by atoms with Crippen LogP contribution in [0.1, 0.15) is 60.2 Å². The number of carbonyl (C=O) groups excluding carboxylic acids is 1. The van der Waals surface area contributed by atoms with E-state index in [1.165, 1.54) is 24.2 Å². The summed E-state index contributed by atoms with van der Waals surface area (Å²) < 4.78 is 4.01. The highest BCUT2D eigenvalue weighted by Crippen LogP contribution is 2.40. The van der Waals surface area contributed by atoms with E-state index in [0.717, 1.165) is 47.3 Å². The maximum Gasteiger partial charge on any atom is 0.275 e. The lowest BCUT2D eigenvalue weighted by Crippen LogP contribution is -2.23. The molecule has 2 saturated carbocycles. The van der Waals surface area contributed by atoms with Crippen LogP contribution >= 0.6 is 11.3 Å². The predicted molar refractivity (Wildman–Crippen MR) is 134 cm³/mol. The monoisotopic (exact) mass is 503 g/mol. The van der Waals surface area contributed by atoms with Crippen LogP contribution in [0.2, 0.25) is 0 Å². The molecule has 1 atom stereocenters. The topological polar surface area (TPSA) is 127 Å². The van der Waals surface area contributed by atoms with Crippen molar-refractivity contribution in [1.29, 1.82) is 0 Å². The minimum Gasteiger partial charge on any atom is -0.391 e. The van der Waals surface area contributed by atoms with Crippen LogP contribution < -0.4 is 10.2 Å². The minimum atomic E-state index is -0.366. The lowest BCUT2D eigenvalue weighted by atomic mass is 10.2. The standard InChI is InChI=1S/C24H25N9O2S/c34-16-5-6-31(9-16)20-8-25-17(7-19(20)32-10-18(26-12-32)14-1-2-14)23(35)28-21-11-36-24(29-21)22-30-27-13-33(22)15-3-4-15/h7-8,10-16,34H,1-6,9H2,(H,28,35). The van der Waals surface area contributed by atoms with Gasteiger partial charge in [-0.3, -0.25) is 4.79 Å². The van der Waals surface area contributed by atoms with E-state index in [1.54, 1.807) is 30.3 Å². The fourth-order valence-corrected chi connectivity index (χ4v) is 5.40. The second-order valence-electron chi connectivity index (χ2n) is 9.71. The molecule has 3 fully saturated rings. The number of aliphatic hydroxyl groups excluding tert-OH is 1. The molecule has 1 aliphatic heterocycles. The third-order valence-corrected chi connectivity index (χ3v) is 7.76. The van der Waals surface area contributed by atoms with E-state index in [9.17, 15) is 9.90 Å². The molecule has 1 amide bonds. The Kier molecular flexibility index (Phi) is 5.10. The molecule has 4 aromatic rings. The van der Waals surface area contributed by atoms with Gasteiger partial charge < -0.3 is 24.5 Å². The maximum atomic E-state index is 13.2. The molecular weight excluding hydrogens is 478 g/mol.